The Kier molecular flexibility index (Phi) is 3.22. The van der Waals surface area contributed by atoms with E-state index in [-0.39, 0.29) is 0 Å². The molecule has 1 atom stereocenters. The molecule has 0 N–H and O–H groups in total. The highest BCUT2D eigenvalue weighted by atomic mass is 35.5. The highest BCUT2D eigenvalue weighted by Crippen LogP contribution is 2.38. The van der Waals surface area contributed by atoms with Crippen LogP contribution in [0.2, 0.25) is 0 Å². The van der Waals surface area contributed by atoms with Gasteiger partial charge in [-0.2, -0.15) is 0 Å². The molecule has 0 fully saturated rings. The molecule has 1 aliphatic carbocycles. The Morgan fingerprint density at radius 3 is 2.86 bits per heavy atom. The maximum atomic E-state index is 13.1. The summed E-state index contributed by atoms with van der Waals surface area (Å²) in [7, 11) is -3.63. The number of pyridine rings is 1. The molecule has 2 aromatic rings. The smallest absolute Gasteiger partial charge is 0.237 e. The summed E-state index contributed by atoms with van der Waals surface area (Å²) in [6.45, 7) is 3.52. The number of rotatable bonds is 2. The van der Waals surface area contributed by atoms with Crippen molar-refractivity contribution < 1.29 is 8.42 Å². The molecule has 110 valence electrons. The molecule has 0 aliphatic heterocycles. The van der Waals surface area contributed by atoms with Crippen molar-refractivity contribution in [3.8, 4) is 0 Å². The zero-order chi connectivity index (χ0) is 15.3. The van der Waals surface area contributed by atoms with Crippen molar-refractivity contribution in [3.63, 3.8) is 0 Å². The molecule has 0 saturated carbocycles. The maximum absolute atomic E-state index is 13.1. The molecule has 3 rings (SSSR count). The van der Waals surface area contributed by atoms with Gasteiger partial charge in [0.15, 0.2) is 5.65 Å². The lowest BCUT2D eigenvalue weighted by atomic mass is 9.93. The topological polar surface area (TPSA) is 52.0 Å². The van der Waals surface area contributed by atoms with Crippen LogP contribution in [0.25, 0.3) is 11.0 Å². The molecule has 1 aliphatic rings. The van der Waals surface area contributed by atoms with E-state index in [0.29, 0.717) is 17.1 Å². The fourth-order valence-corrected chi connectivity index (χ4v) is 4.57. The largest absolute Gasteiger partial charge is 0.249 e. The lowest BCUT2D eigenvalue weighted by molar-refractivity contribution is 0.546. The van der Waals surface area contributed by atoms with Gasteiger partial charge in [-0.25, -0.2) is 17.4 Å². The van der Waals surface area contributed by atoms with E-state index in [4.69, 9.17) is 11.6 Å². The minimum atomic E-state index is -3.63. The number of nitrogens with zero attached hydrogens (tertiary/aromatic N) is 2. The van der Waals surface area contributed by atoms with Crippen LogP contribution in [0.5, 0.6) is 0 Å². The second-order valence-electron chi connectivity index (χ2n) is 5.38. The van der Waals surface area contributed by atoms with E-state index in [1.807, 2.05) is 6.07 Å². The van der Waals surface area contributed by atoms with Gasteiger partial charge < -0.3 is 0 Å². The van der Waals surface area contributed by atoms with Crippen LogP contribution in [0.15, 0.2) is 53.4 Å². The minimum absolute atomic E-state index is 0.350. The van der Waals surface area contributed by atoms with Crippen molar-refractivity contribution >= 4 is 32.7 Å². The van der Waals surface area contributed by atoms with Gasteiger partial charge in [0.2, 0.25) is 10.0 Å². The molecule has 6 heteroatoms. The average molecular weight is 323 g/mol. The van der Waals surface area contributed by atoms with E-state index in [9.17, 15) is 8.42 Å². The summed E-state index contributed by atoms with van der Waals surface area (Å²) in [6, 6.07) is 5.39. The standard InChI is InChI=1S/C15H15ClN2O2S/c1-11-10-13(16)5-7-15(11,2)21(19,20)18-9-6-12-4-3-8-17-14(12)18/h3-6,8-10H,7H2,1-2H3. The Morgan fingerprint density at radius 1 is 1.38 bits per heavy atom. The van der Waals surface area contributed by atoms with Gasteiger partial charge in [0.1, 0.15) is 4.75 Å². The van der Waals surface area contributed by atoms with Crippen LogP contribution in [-0.2, 0) is 10.0 Å². The highest BCUT2D eigenvalue weighted by molar-refractivity contribution is 7.91. The molecule has 0 radical (unpaired) electrons. The summed E-state index contributed by atoms with van der Waals surface area (Å²) < 4.78 is 26.5. The number of aromatic nitrogens is 2. The first-order chi connectivity index (χ1) is 9.86. The number of fused-ring (bicyclic) bond motifs is 1. The fraction of sp³-hybridized carbons (Fsp3) is 0.267. The van der Waals surface area contributed by atoms with Crippen molar-refractivity contribution in [1.82, 2.24) is 8.96 Å². The third kappa shape index (κ3) is 2.03. The van der Waals surface area contributed by atoms with E-state index in [0.717, 1.165) is 11.0 Å². The predicted molar refractivity (Wildman–Crippen MR) is 84.8 cm³/mol. The number of hydrogen-bond donors (Lipinski definition) is 0. The average Bonchev–Trinajstić information content (AvgIpc) is 2.87. The SMILES string of the molecule is CC1=CC(Cl)=CCC1(C)S(=O)(=O)n1ccc2cccnc21. The van der Waals surface area contributed by atoms with Crippen LogP contribution in [0.3, 0.4) is 0 Å². The second-order valence-corrected chi connectivity index (χ2v) is 8.07. The van der Waals surface area contributed by atoms with E-state index >= 15 is 0 Å². The van der Waals surface area contributed by atoms with Crippen molar-refractivity contribution in [3.05, 3.63) is 53.4 Å². The van der Waals surface area contributed by atoms with Crippen LogP contribution in [0.4, 0.5) is 0 Å². The van der Waals surface area contributed by atoms with Crippen molar-refractivity contribution in [2.24, 2.45) is 0 Å². The molecule has 2 aromatic heterocycles. The monoisotopic (exact) mass is 322 g/mol. The summed E-state index contributed by atoms with van der Waals surface area (Å²) >= 11 is 5.98. The molecule has 0 amide bonds. The van der Waals surface area contributed by atoms with Crippen LogP contribution < -0.4 is 0 Å². The molecule has 0 bridgehead atoms. The molecular formula is C15H15ClN2O2S. The molecule has 0 aromatic carbocycles. The quantitative estimate of drug-likeness (QED) is 0.851. The second kappa shape index (κ2) is 4.71. The van der Waals surface area contributed by atoms with Crippen LogP contribution in [0, 0.1) is 0 Å². The van der Waals surface area contributed by atoms with E-state index < -0.39 is 14.8 Å². The normalized spacial score (nSPS) is 23.0. The zero-order valence-corrected chi connectivity index (χ0v) is 13.3. The Bertz CT molecular complexity index is 880. The molecule has 4 nitrogen and oxygen atoms in total. The molecule has 1 unspecified atom stereocenters. The van der Waals surface area contributed by atoms with Gasteiger partial charge in [-0.15, -0.1) is 0 Å². The van der Waals surface area contributed by atoms with Crippen LogP contribution in [0.1, 0.15) is 20.3 Å². The predicted octanol–water partition coefficient (Wildman–Crippen LogP) is 3.45. The van der Waals surface area contributed by atoms with Gasteiger partial charge in [0.05, 0.1) is 0 Å². The molecule has 2 heterocycles. The van der Waals surface area contributed by atoms with Crippen molar-refractivity contribution in [1.29, 1.82) is 0 Å². The summed E-state index contributed by atoms with van der Waals surface area (Å²) in [5, 5.41) is 1.38. The summed E-state index contributed by atoms with van der Waals surface area (Å²) in [6.07, 6.45) is 6.96. The van der Waals surface area contributed by atoms with E-state index in [1.54, 1.807) is 50.5 Å². The molecule has 0 saturated heterocycles. The summed E-state index contributed by atoms with van der Waals surface area (Å²) in [4.78, 5) is 4.20. The summed E-state index contributed by atoms with van der Waals surface area (Å²) in [5.41, 5.74) is 1.18. The van der Waals surface area contributed by atoms with Crippen LogP contribution in [-0.4, -0.2) is 22.1 Å². The van der Waals surface area contributed by atoms with Gasteiger partial charge in [-0.1, -0.05) is 17.7 Å². The van der Waals surface area contributed by atoms with Crippen molar-refractivity contribution in [2.75, 3.05) is 0 Å². The lowest BCUT2D eigenvalue weighted by Crippen LogP contribution is -2.41. The van der Waals surface area contributed by atoms with Crippen LogP contribution >= 0.6 is 11.6 Å². The first-order valence-corrected chi connectivity index (χ1v) is 8.40. The molecule has 0 spiro atoms. The van der Waals surface area contributed by atoms with Gasteiger partial charge in [-0.3, -0.25) is 0 Å². The minimum Gasteiger partial charge on any atom is -0.237 e. The number of halogens is 1. The van der Waals surface area contributed by atoms with Gasteiger partial charge >= 0.3 is 0 Å². The Balaban J connectivity index is 2.20. The fourth-order valence-electron chi connectivity index (χ4n) is 2.53. The summed E-state index contributed by atoms with van der Waals surface area (Å²) in [5.74, 6) is 0. The third-order valence-corrected chi connectivity index (χ3v) is 6.82. The lowest BCUT2D eigenvalue weighted by Gasteiger charge is -2.32. The Hall–Kier alpha value is -1.59. The zero-order valence-electron chi connectivity index (χ0n) is 11.7. The van der Waals surface area contributed by atoms with Crippen molar-refractivity contribution in [2.45, 2.75) is 25.0 Å². The molecular weight excluding hydrogens is 308 g/mol. The van der Waals surface area contributed by atoms with Gasteiger partial charge in [-0.05, 0) is 50.1 Å². The Morgan fingerprint density at radius 2 is 2.14 bits per heavy atom. The number of allylic oxidation sites excluding steroid dienone is 3. The first-order valence-electron chi connectivity index (χ1n) is 6.58. The number of hydrogen-bond acceptors (Lipinski definition) is 3. The Labute approximate surface area is 128 Å². The molecule has 21 heavy (non-hydrogen) atoms. The van der Waals surface area contributed by atoms with E-state index in [1.165, 1.54) is 3.97 Å². The van der Waals surface area contributed by atoms with E-state index in [2.05, 4.69) is 4.98 Å². The first kappa shape index (κ1) is 14.4. The third-order valence-electron chi connectivity index (χ3n) is 4.12. The van der Waals surface area contributed by atoms with Gasteiger partial charge in [0.25, 0.3) is 0 Å². The highest BCUT2D eigenvalue weighted by Gasteiger charge is 2.43. The van der Waals surface area contributed by atoms with Gasteiger partial charge in [0, 0.05) is 22.8 Å². The maximum Gasteiger partial charge on any atom is 0.249 e.